The summed E-state index contributed by atoms with van der Waals surface area (Å²) < 4.78 is 5.32. The molecule has 1 rings (SSSR count). The molecule has 25 heavy (non-hydrogen) atoms. The van der Waals surface area contributed by atoms with Crippen LogP contribution in [-0.2, 0) is 9.59 Å². The summed E-state index contributed by atoms with van der Waals surface area (Å²) in [6, 6.07) is 2.72. The lowest BCUT2D eigenvalue weighted by molar-refractivity contribution is -0.139. The van der Waals surface area contributed by atoms with E-state index in [1.165, 1.54) is 19.0 Å². The Balaban J connectivity index is 2.47. The van der Waals surface area contributed by atoms with Crippen LogP contribution in [0.3, 0.4) is 0 Å². The van der Waals surface area contributed by atoms with Gasteiger partial charge >= 0.3 is 5.97 Å². The highest BCUT2D eigenvalue weighted by molar-refractivity contribution is 5.85. The number of hydrogen-bond acceptors (Lipinski definition) is 5. The molecule has 0 fully saturated rings. The number of pyridine rings is 1. The van der Waals surface area contributed by atoms with E-state index in [9.17, 15) is 9.59 Å². The molecule has 0 spiro atoms. The summed E-state index contributed by atoms with van der Waals surface area (Å²) in [4.78, 5) is 28.4. The molecule has 140 valence electrons. The Kier molecular flexibility index (Phi) is 11.3. The highest BCUT2D eigenvalue weighted by Gasteiger charge is 2.22. The maximum atomic E-state index is 12.4. The number of aromatic nitrogens is 1. The molecule has 1 aromatic heterocycles. The summed E-state index contributed by atoms with van der Waals surface area (Å²) in [5, 5.41) is 2.81. The second kappa shape index (κ2) is 13.4. The Labute approximate surface area is 150 Å². The number of nitrogens with zero attached hydrogens (tertiary/aromatic N) is 1. The van der Waals surface area contributed by atoms with Crippen LogP contribution in [0.15, 0.2) is 24.5 Å². The summed E-state index contributed by atoms with van der Waals surface area (Å²) in [5.41, 5.74) is 5.51. The molecule has 1 atom stereocenters. The van der Waals surface area contributed by atoms with Gasteiger partial charge < -0.3 is 15.8 Å². The molecule has 0 radical (unpaired) electrons. The normalized spacial score (nSPS) is 11.8. The standard InChI is InChI=1S/C19H31N3O3/c1-2-3-4-5-6-12-18(23)22-17(11-7-8-13-20)19(24)25-16-10-9-14-21-15-16/h9-10,14-15,17H,2-8,11-13,20H2,1H3,(H,22,23). The Morgan fingerprint density at radius 1 is 1.20 bits per heavy atom. The zero-order valence-electron chi connectivity index (χ0n) is 15.2. The average molecular weight is 349 g/mol. The van der Waals surface area contributed by atoms with Crippen molar-refractivity contribution in [3.05, 3.63) is 24.5 Å². The molecule has 6 heteroatoms. The predicted octanol–water partition coefficient (Wildman–Crippen LogP) is 2.96. The number of carbonyl (C=O) groups excluding carboxylic acids is 2. The van der Waals surface area contributed by atoms with Gasteiger partial charge in [-0.1, -0.05) is 32.6 Å². The van der Waals surface area contributed by atoms with Gasteiger partial charge in [0.15, 0.2) is 0 Å². The van der Waals surface area contributed by atoms with E-state index in [2.05, 4.69) is 17.2 Å². The minimum absolute atomic E-state index is 0.0996. The highest BCUT2D eigenvalue weighted by atomic mass is 16.5. The van der Waals surface area contributed by atoms with Crippen LogP contribution < -0.4 is 15.8 Å². The van der Waals surface area contributed by atoms with Gasteiger partial charge in [0, 0.05) is 12.6 Å². The van der Waals surface area contributed by atoms with Crippen molar-refractivity contribution in [3.8, 4) is 5.75 Å². The van der Waals surface area contributed by atoms with Gasteiger partial charge in [0.25, 0.3) is 0 Å². The minimum atomic E-state index is -0.644. The van der Waals surface area contributed by atoms with Crippen LogP contribution >= 0.6 is 0 Å². The van der Waals surface area contributed by atoms with Crippen molar-refractivity contribution < 1.29 is 14.3 Å². The van der Waals surface area contributed by atoms with Crippen LogP contribution in [0.2, 0.25) is 0 Å². The van der Waals surface area contributed by atoms with E-state index in [1.807, 2.05) is 0 Å². The van der Waals surface area contributed by atoms with Gasteiger partial charge in [0.2, 0.25) is 5.91 Å². The molecule has 0 aliphatic carbocycles. The quantitative estimate of drug-likeness (QED) is 0.422. The number of ether oxygens (including phenoxy) is 1. The SMILES string of the molecule is CCCCCCCC(=O)NC(CCCCN)C(=O)Oc1cccnc1. The molecular weight excluding hydrogens is 318 g/mol. The van der Waals surface area contributed by atoms with Crippen LogP contribution in [-0.4, -0.2) is 29.4 Å². The monoisotopic (exact) mass is 349 g/mol. The summed E-state index contributed by atoms with van der Waals surface area (Å²) in [7, 11) is 0. The highest BCUT2D eigenvalue weighted by Crippen LogP contribution is 2.11. The maximum Gasteiger partial charge on any atom is 0.334 e. The lowest BCUT2D eigenvalue weighted by atomic mass is 10.1. The van der Waals surface area contributed by atoms with Gasteiger partial charge in [-0.3, -0.25) is 9.78 Å². The van der Waals surface area contributed by atoms with Crippen LogP contribution in [0.25, 0.3) is 0 Å². The smallest absolute Gasteiger partial charge is 0.334 e. The topological polar surface area (TPSA) is 94.3 Å². The van der Waals surface area contributed by atoms with Crippen molar-refractivity contribution in [1.29, 1.82) is 0 Å². The molecule has 0 aliphatic rings. The van der Waals surface area contributed by atoms with Gasteiger partial charge in [0.05, 0.1) is 6.20 Å². The molecule has 1 heterocycles. The molecule has 6 nitrogen and oxygen atoms in total. The number of hydrogen-bond donors (Lipinski definition) is 2. The van der Waals surface area contributed by atoms with Crippen molar-refractivity contribution in [1.82, 2.24) is 10.3 Å². The third-order valence-electron chi connectivity index (χ3n) is 3.93. The van der Waals surface area contributed by atoms with E-state index in [-0.39, 0.29) is 5.91 Å². The van der Waals surface area contributed by atoms with Crippen molar-refractivity contribution >= 4 is 11.9 Å². The second-order valence-electron chi connectivity index (χ2n) is 6.18. The fourth-order valence-electron chi connectivity index (χ4n) is 2.49. The Bertz CT molecular complexity index is 494. The van der Waals surface area contributed by atoms with Crippen LogP contribution in [0.5, 0.6) is 5.75 Å². The van der Waals surface area contributed by atoms with Crippen LogP contribution in [0, 0.1) is 0 Å². The first-order chi connectivity index (χ1) is 12.2. The molecule has 3 N–H and O–H groups in total. The van der Waals surface area contributed by atoms with E-state index in [4.69, 9.17) is 10.5 Å². The summed E-state index contributed by atoms with van der Waals surface area (Å²) in [6.45, 7) is 2.72. The van der Waals surface area contributed by atoms with Gasteiger partial charge in [0.1, 0.15) is 11.8 Å². The molecular formula is C19H31N3O3. The zero-order chi connectivity index (χ0) is 18.3. The Morgan fingerprint density at radius 3 is 2.68 bits per heavy atom. The summed E-state index contributed by atoms with van der Waals surface area (Å²) in [5.74, 6) is -0.174. The van der Waals surface area contributed by atoms with Crippen molar-refractivity contribution in [2.24, 2.45) is 5.73 Å². The van der Waals surface area contributed by atoms with Gasteiger partial charge in [-0.25, -0.2) is 4.79 Å². The van der Waals surface area contributed by atoms with Gasteiger partial charge in [-0.05, 0) is 44.4 Å². The molecule has 0 aliphatic heterocycles. The molecule has 0 saturated carbocycles. The number of rotatable bonds is 13. The number of nitrogens with one attached hydrogen (secondary N) is 1. The Hall–Kier alpha value is -1.95. The number of carbonyl (C=O) groups is 2. The number of unbranched alkanes of at least 4 members (excludes halogenated alkanes) is 5. The third kappa shape index (κ3) is 9.82. The summed E-state index contributed by atoms with van der Waals surface area (Å²) in [6.07, 6.45) is 11.0. The lowest BCUT2D eigenvalue weighted by Gasteiger charge is -2.17. The van der Waals surface area contributed by atoms with Crippen LogP contribution in [0.1, 0.15) is 64.7 Å². The minimum Gasteiger partial charge on any atom is -0.423 e. The fraction of sp³-hybridized carbons (Fsp3) is 0.632. The third-order valence-corrected chi connectivity index (χ3v) is 3.93. The van der Waals surface area contributed by atoms with Gasteiger partial charge in [-0.15, -0.1) is 0 Å². The van der Waals surface area contributed by atoms with E-state index in [0.717, 1.165) is 32.1 Å². The fourth-order valence-corrected chi connectivity index (χ4v) is 2.49. The second-order valence-corrected chi connectivity index (χ2v) is 6.18. The molecule has 0 bridgehead atoms. The predicted molar refractivity (Wildman–Crippen MR) is 98.1 cm³/mol. The molecule has 0 saturated heterocycles. The molecule has 0 aromatic carbocycles. The molecule has 1 unspecified atom stereocenters. The van der Waals surface area contributed by atoms with E-state index >= 15 is 0 Å². The first kappa shape index (κ1) is 21.1. The number of amides is 1. The molecule has 1 aromatic rings. The lowest BCUT2D eigenvalue weighted by Crippen LogP contribution is -2.43. The summed E-state index contributed by atoms with van der Waals surface area (Å²) >= 11 is 0. The Morgan fingerprint density at radius 2 is 2.00 bits per heavy atom. The van der Waals surface area contributed by atoms with Crippen molar-refractivity contribution in [3.63, 3.8) is 0 Å². The van der Waals surface area contributed by atoms with Crippen LogP contribution in [0.4, 0.5) is 0 Å². The van der Waals surface area contributed by atoms with Crippen molar-refractivity contribution in [2.75, 3.05) is 6.54 Å². The number of esters is 1. The van der Waals surface area contributed by atoms with E-state index in [1.54, 1.807) is 18.3 Å². The first-order valence-corrected chi connectivity index (χ1v) is 9.28. The van der Waals surface area contributed by atoms with Crippen molar-refractivity contribution in [2.45, 2.75) is 70.8 Å². The average Bonchev–Trinajstić information content (AvgIpc) is 2.61. The first-order valence-electron chi connectivity index (χ1n) is 9.28. The van der Waals surface area contributed by atoms with Gasteiger partial charge in [-0.2, -0.15) is 0 Å². The number of nitrogens with two attached hydrogens (primary N) is 1. The van der Waals surface area contributed by atoms with E-state index in [0.29, 0.717) is 25.1 Å². The maximum absolute atomic E-state index is 12.4. The zero-order valence-corrected chi connectivity index (χ0v) is 15.2. The largest absolute Gasteiger partial charge is 0.423 e. The van der Waals surface area contributed by atoms with E-state index < -0.39 is 12.0 Å². The molecule has 1 amide bonds.